The summed E-state index contributed by atoms with van der Waals surface area (Å²) in [6, 6.07) is 0.965. The summed E-state index contributed by atoms with van der Waals surface area (Å²) in [5.41, 5.74) is -0.0155. The highest BCUT2D eigenvalue weighted by molar-refractivity contribution is 7.12. The van der Waals surface area contributed by atoms with Gasteiger partial charge in [0.25, 0.3) is 0 Å². The molecule has 3 rings (SSSR count). The van der Waals surface area contributed by atoms with Crippen LogP contribution in [0.1, 0.15) is 23.0 Å². The fourth-order valence-electron chi connectivity index (χ4n) is 2.15. The Morgan fingerprint density at radius 1 is 1.46 bits per heavy atom. The molecule has 0 spiro atoms. The zero-order chi connectivity index (χ0) is 17.4. The average molecular weight is 368 g/mol. The van der Waals surface area contributed by atoms with Gasteiger partial charge in [-0.2, -0.15) is 0 Å². The maximum atomic E-state index is 13.8. The minimum atomic E-state index is -0.843. The zero-order valence-electron chi connectivity index (χ0n) is 12.7. The molecular weight excluding hydrogens is 357 g/mol. The van der Waals surface area contributed by atoms with Gasteiger partial charge in [-0.1, -0.05) is 11.6 Å². The summed E-state index contributed by atoms with van der Waals surface area (Å²) in [7, 11) is 0. The molecule has 0 saturated heterocycles. The molecule has 9 heteroatoms. The lowest BCUT2D eigenvalue weighted by Gasteiger charge is -2.10. The van der Waals surface area contributed by atoms with Gasteiger partial charge in [0.15, 0.2) is 21.7 Å². The zero-order valence-corrected chi connectivity index (χ0v) is 14.2. The van der Waals surface area contributed by atoms with Gasteiger partial charge in [-0.15, -0.1) is 11.3 Å². The molecule has 3 aromatic heterocycles. The number of hydrogen-bond acceptors (Lipinski definition) is 6. The Labute approximate surface area is 144 Å². The van der Waals surface area contributed by atoms with Crippen molar-refractivity contribution in [2.45, 2.75) is 13.8 Å². The van der Waals surface area contributed by atoms with Gasteiger partial charge in [-0.3, -0.25) is 9.36 Å². The van der Waals surface area contributed by atoms with Crippen LogP contribution in [-0.4, -0.2) is 27.1 Å². The third kappa shape index (κ3) is 2.78. The molecule has 3 heterocycles. The second-order valence-corrected chi connectivity index (χ2v) is 6.06. The van der Waals surface area contributed by atoms with E-state index in [0.717, 1.165) is 11.8 Å². The molecule has 0 radical (unpaired) electrons. The summed E-state index contributed by atoms with van der Waals surface area (Å²) in [6.45, 7) is 3.54. The van der Waals surface area contributed by atoms with Crippen molar-refractivity contribution in [3.05, 3.63) is 50.1 Å². The maximum absolute atomic E-state index is 13.8. The number of ether oxygens (including phenoxy) is 1. The molecule has 0 unspecified atom stereocenters. The third-order valence-electron chi connectivity index (χ3n) is 3.20. The molecule has 0 N–H and O–H groups in total. The van der Waals surface area contributed by atoms with Crippen LogP contribution in [0.4, 0.5) is 4.39 Å². The number of rotatable bonds is 3. The van der Waals surface area contributed by atoms with Crippen molar-refractivity contribution >= 4 is 39.9 Å². The smallest absolute Gasteiger partial charge is 0.343 e. The Kier molecular flexibility index (Phi) is 4.33. The van der Waals surface area contributed by atoms with Crippen LogP contribution in [0.15, 0.2) is 22.4 Å². The van der Waals surface area contributed by atoms with Gasteiger partial charge in [0.05, 0.1) is 17.7 Å². The Morgan fingerprint density at radius 3 is 2.83 bits per heavy atom. The van der Waals surface area contributed by atoms with E-state index in [9.17, 15) is 14.0 Å². The molecule has 6 nitrogen and oxygen atoms in total. The number of hydrogen-bond donors (Lipinski definition) is 0. The van der Waals surface area contributed by atoms with E-state index in [2.05, 4.69) is 9.97 Å². The van der Waals surface area contributed by atoms with Crippen molar-refractivity contribution in [1.82, 2.24) is 14.5 Å². The van der Waals surface area contributed by atoms with Crippen LogP contribution in [0.3, 0.4) is 0 Å². The first kappa shape index (κ1) is 16.5. The van der Waals surface area contributed by atoms with Crippen molar-refractivity contribution in [2.24, 2.45) is 0 Å². The molecule has 24 heavy (non-hydrogen) atoms. The van der Waals surface area contributed by atoms with Crippen LogP contribution in [0.5, 0.6) is 0 Å². The maximum Gasteiger partial charge on any atom is 0.343 e. The lowest BCUT2D eigenvalue weighted by Crippen LogP contribution is -2.21. The average Bonchev–Trinajstić information content (AvgIpc) is 2.96. The van der Waals surface area contributed by atoms with Crippen LogP contribution >= 0.6 is 22.9 Å². The Bertz CT molecular complexity index is 1020. The molecule has 3 aromatic rings. The van der Waals surface area contributed by atoms with Crippen LogP contribution in [0.25, 0.3) is 16.2 Å². The fraction of sp³-hybridized carbons (Fsp3) is 0.200. The van der Waals surface area contributed by atoms with Gasteiger partial charge in [-0.25, -0.2) is 19.2 Å². The van der Waals surface area contributed by atoms with Gasteiger partial charge in [0.1, 0.15) is 5.56 Å². The third-order valence-corrected chi connectivity index (χ3v) is 4.42. The molecule has 0 aliphatic carbocycles. The number of nitrogens with zero attached hydrogens (tertiary/aromatic N) is 3. The Morgan fingerprint density at radius 2 is 2.21 bits per heavy atom. The van der Waals surface area contributed by atoms with E-state index in [-0.39, 0.29) is 28.4 Å². The van der Waals surface area contributed by atoms with Crippen LogP contribution < -0.4 is 5.43 Å². The summed E-state index contributed by atoms with van der Waals surface area (Å²) in [5, 5.41) is 1.83. The number of carbonyl (C=O) groups is 1. The quantitative estimate of drug-likeness (QED) is 0.525. The molecule has 0 bridgehead atoms. The van der Waals surface area contributed by atoms with Crippen molar-refractivity contribution in [2.75, 3.05) is 6.61 Å². The van der Waals surface area contributed by atoms with Crippen molar-refractivity contribution in [3.63, 3.8) is 0 Å². The summed E-state index contributed by atoms with van der Waals surface area (Å²) >= 11 is 7.03. The Hall–Kier alpha value is -2.32. The van der Waals surface area contributed by atoms with Crippen molar-refractivity contribution < 1.29 is 13.9 Å². The predicted octanol–water partition coefficient (Wildman–Crippen LogP) is 3.12. The lowest BCUT2D eigenvalue weighted by atomic mass is 10.2. The minimum Gasteiger partial charge on any atom is -0.462 e. The van der Waals surface area contributed by atoms with Crippen molar-refractivity contribution in [1.29, 1.82) is 0 Å². The van der Waals surface area contributed by atoms with Crippen LogP contribution in [0, 0.1) is 12.7 Å². The van der Waals surface area contributed by atoms with Gasteiger partial charge in [0.2, 0.25) is 5.43 Å². The lowest BCUT2D eigenvalue weighted by molar-refractivity contribution is 0.0524. The number of fused-ring (bicyclic) bond motifs is 1. The standard InChI is InChI=1S/C15H11ClFN3O3S/c1-3-23-14(22)9-5-20(15-18-7(2)6-24-15)13-8(11(9)21)4-10(17)12(16)19-13/h4-6H,3H2,1-2H3. The first-order valence-corrected chi connectivity index (χ1v) is 8.19. The SMILES string of the molecule is CCOC(=O)c1cn(-c2nc(C)cs2)c2nc(Cl)c(F)cc2c1=O. The number of aryl methyl sites for hydroxylation is 1. The van der Waals surface area contributed by atoms with E-state index in [1.54, 1.807) is 19.2 Å². The largest absolute Gasteiger partial charge is 0.462 e. The number of aromatic nitrogens is 3. The van der Waals surface area contributed by atoms with E-state index in [1.165, 1.54) is 22.1 Å². The first-order chi connectivity index (χ1) is 11.4. The molecule has 0 aliphatic rings. The molecular formula is C15H11ClFN3O3S. The summed E-state index contributed by atoms with van der Waals surface area (Å²) in [4.78, 5) is 32.8. The van der Waals surface area contributed by atoms with Gasteiger partial charge >= 0.3 is 5.97 Å². The molecule has 0 aromatic carbocycles. The highest BCUT2D eigenvalue weighted by Crippen LogP contribution is 2.23. The monoisotopic (exact) mass is 367 g/mol. The van der Waals surface area contributed by atoms with Gasteiger partial charge in [0, 0.05) is 11.6 Å². The second kappa shape index (κ2) is 6.29. The molecule has 0 amide bonds. The predicted molar refractivity (Wildman–Crippen MR) is 88.7 cm³/mol. The molecule has 0 atom stereocenters. The number of halogens is 2. The van der Waals surface area contributed by atoms with Crippen LogP contribution in [0.2, 0.25) is 5.15 Å². The first-order valence-electron chi connectivity index (χ1n) is 6.93. The number of esters is 1. The van der Waals surface area contributed by atoms with Gasteiger partial charge < -0.3 is 4.74 Å². The van der Waals surface area contributed by atoms with E-state index < -0.39 is 17.2 Å². The fourth-order valence-corrected chi connectivity index (χ4v) is 3.07. The van der Waals surface area contributed by atoms with Gasteiger partial charge in [-0.05, 0) is 19.9 Å². The van der Waals surface area contributed by atoms with E-state index in [0.29, 0.717) is 5.13 Å². The molecule has 124 valence electrons. The van der Waals surface area contributed by atoms with E-state index in [4.69, 9.17) is 16.3 Å². The summed E-state index contributed by atoms with van der Waals surface area (Å²) in [6.07, 6.45) is 1.29. The van der Waals surface area contributed by atoms with E-state index in [1.807, 2.05) is 0 Å². The molecule has 0 fully saturated rings. The number of pyridine rings is 2. The van der Waals surface area contributed by atoms with E-state index >= 15 is 0 Å². The summed E-state index contributed by atoms with van der Waals surface area (Å²) in [5.74, 6) is -1.63. The second-order valence-electron chi connectivity index (χ2n) is 4.87. The molecule has 0 aliphatic heterocycles. The topological polar surface area (TPSA) is 74.1 Å². The highest BCUT2D eigenvalue weighted by atomic mass is 35.5. The van der Waals surface area contributed by atoms with Crippen molar-refractivity contribution in [3.8, 4) is 5.13 Å². The summed E-state index contributed by atoms with van der Waals surface area (Å²) < 4.78 is 20.1. The molecule has 0 saturated carbocycles. The van der Waals surface area contributed by atoms with Crippen LogP contribution in [-0.2, 0) is 4.74 Å². The minimum absolute atomic E-state index is 0.0738. The highest BCUT2D eigenvalue weighted by Gasteiger charge is 2.20. The number of carbonyl (C=O) groups excluding carboxylic acids is 1. The Balaban J connectivity index is 2.40. The number of thiazole rings is 1. The normalized spacial score (nSPS) is 11.0.